The van der Waals surface area contributed by atoms with Crippen LogP contribution in [0.4, 0.5) is 0 Å². The van der Waals surface area contributed by atoms with Crippen molar-refractivity contribution in [2.45, 2.75) is 0 Å². The Hall–Kier alpha value is -3.73. The molecule has 0 atom stereocenters. The molecule has 0 saturated heterocycles. The number of allylic oxidation sites excluding steroid dienone is 4. The molecule has 2 N–H and O–H groups in total. The monoisotopic (exact) mass is 344 g/mol. The Morgan fingerprint density at radius 1 is 0.577 bits per heavy atom. The van der Waals surface area contributed by atoms with Crippen molar-refractivity contribution < 1.29 is 24.6 Å². The number of Topliss-reactive ketones (excluding diaryl/α,β-unsaturated/α-hetero) is 3. The van der Waals surface area contributed by atoms with Crippen LogP contribution >= 0.6 is 0 Å². The Bertz CT molecular complexity index is 1030. The van der Waals surface area contributed by atoms with Crippen LogP contribution in [0.3, 0.4) is 0 Å². The summed E-state index contributed by atoms with van der Waals surface area (Å²) in [6.07, 6.45) is 0. The largest absolute Gasteiger partial charge is 0.507 e. The van der Waals surface area contributed by atoms with Crippen LogP contribution in [0.15, 0.2) is 77.8 Å². The molecule has 0 amide bonds. The molecule has 5 nitrogen and oxygen atoms in total. The Labute approximate surface area is 148 Å². The van der Waals surface area contributed by atoms with Crippen LogP contribution in [-0.4, -0.2) is 27.6 Å². The van der Waals surface area contributed by atoms with Gasteiger partial charge in [0.15, 0.2) is 17.3 Å². The number of benzene rings is 2. The first-order valence-corrected chi connectivity index (χ1v) is 7.82. The quantitative estimate of drug-likeness (QED) is 0.825. The lowest BCUT2D eigenvalue weighted by molar-refractivity contribution is 0.0924. The highest BCUT2D eigenvalue weighted by atomic mass is 16.3. The van der Waals surface area contributed by atoms with Gasteiger partial charge in [-0.05, 0) is 5.56 Å². The van der Waals surface area contributed by atoms with Gasteiger partial charge in [-0.1, -0.05) is 55.1 Å². The molecular weight excluding hydrogens is 332 g/mol. The second kappa shape index (κ2) is 5.39. The van der Waals surface area contributed by atoms with Crippen molar-refractivity contribution in [2.24, 2.45) is 0 Å². The van der Waals surface area contributed by atoms with Gasteiger partial charge in [0.05, 0.1) is 11.1 Å². The molecule has 0 aromatic heterocycles. The van der Waals surface area contributed by atoms with Crippen LogP contribution < -0.4 is 0 Å². The van der Waals surface area contributed by atoms with Crippen LogP contribution in [0.5, 0.6) is 0 Å². The molecule has 0 aliphatic heterocycles. The van der Waals surface area contributed by atoms with E-state index in [9.17, 15) is 24.6 Å². The first-order valence-electron chi connectivity index (χ1n) is 7.82. The first kappa shape index (κ1) is 15.8. The highest BCUT2D eigenvalue weighted by Crippen LogP contribution is 2.39. The zero-order chi connectivity index (χ0) is 18.6. The van der Waals surface area contributed by atoms with Crippen molar-refractivity contribution in [3.8, 4) is 0 Å². The second-order valence-corrected chi connectivity index (χ2v) is 6.00. The van der Waals surface area contributed by atoms with Crippen molar-refractivity contribution in [1.82, 2.24) is 0 Å². The van der Waals surface area contributed by atoms with Crippen molar-refractivity contribution in [3.05, 3.63) is 100 Å². The number of hydrogen-bond donors (Lipinski definition) is 2. The molecule has 0 fully saturated rings. The molecule has 0 unspecified atom stereocenters. The van der Waals surface area contributed by atoms with Gasteiger partial charge in [0, 0.05) is 22.3 Å². The van der Waals surface area contributed by atoms with Crippen molar-refractivity contribution in [1.29, 1.82) is 0 Å². The minimum Gasteiger partial charge on any atom is -0.507 e. The summed E-state index contributed by atoms with van der Waals surface area (Å²) in [7, 11) is 0. The summed E-state index contributed by atoms with van der Waals surface area (Å²) < 4.78 is 0. The average Bonchev–Trinajstić information content (AvgIpc) is 2.67. The lowest BCUT2D eigenvalue weighted by Gasteiger charge is -2.24. The van der Waals surface area contributed by atoms with Gasteiger partial charge in [-0.25, -0.2) is 0 Å². The van der Waals surface area contributed by atoms with Gasteiger partial charge in [-0.2, -0.15) is 0 Å². The van der Waals surface area contributed by atoms with Gasteiger partial charge < -0.3 is 10.2 Å². The molecule has 0 bridgehead atoms. The van der Waals surface area contributed by atoms with Crippen molar-refractivity contribution in [2.75, 3.05) is 0 Å². The molecule has 26 heavy (non-hydrogen) atoms. The molecule has 2 aromatic rings. The SMILES string of the molecule is C=C1C(O)=C(C2=C(O)C(=O)c3ccccc3C2=O)C(=O)c2ccccc21. The van der Waals surface area contributed by atoms with E-state index >= 15 is 0 Å². The molecule has 2 aromatic carbocycles. The van der Waals surface area contributed by atoms with Crippen LogP contribution in [-0.2, 0) is 0 Å². The average molecular weight is 344 g/mol. The van der Waals surface area contributed by atoms with E-state index in [1.807, 2.05) is 0 Å². The predicted octanol–water partition coefficient (Wildman–Crippen LogP) is 3.60. The highest BCUT2D eigenvalue weighted by molar-refractivity contribution is 6.33. The molecule has 0 radical (unpaired) electrons. The molecule has 5 heteroatoms. The summed E-state index contributed by atoms with van der Waals surface area (Å²) in [5.41, 5.74) is 0.0586. The number of aliphatic hydroxyl groups excluding tert-OH is 2. The summed E-state index contributed by atoms with van der Waals surface area (Å²) in [6, 6.07) is 12.5. The minimum atomic E-state index is -0.851. The number of rotatable bonds is 1. The van der Waals surface area contributed by atoms with Crippen molar-refractivity contribution >= 4 is 22.9 Å². The molecule has 0 heterocycles. The Morgan fingerprint density at radius 2 is 0.962 bits per heavy atom. The molecule has 0 saturated carbocycles. The van der Waals surface area contributed by atoms with E-state index in [0.29, 0.717) is 5.56 Å². The highest BCUT2D eigenvalue weighted by Gasteiger charge is 2.40. The standard InChI is InChI=1S/C21H12O5/c1-10-11-6-2-3-7-12(11)18(23)15(17(10)22)16-19(24)13-8-4-5-9-14(13)20(25)21(16)26/h2-9,22,26H,1H2. The fraction of sp³-hybridized carbons (Fsp3) is 0. The van der Waals surface area contributed by atoms with Gasteiger partial charge in [0.25, 0.3) is 0 Å². The van der Waals surface area contributed by atoms with E-state index in [-0.39, 0.29) is 22.3 Å². The number of fused-ring (bicyclic) bond motifs is 2. The van der Waals surface area contributed by atoms with E-state index < -0.39 is 40.0 Å². The van der Waals surface area contributed by atoms with Crippen molar-refractivity contribution in [3.63, 3.8) is 0 Å². The lowest BCUT2D eigenvalue weighted by Crippen LogP contribution is -2.28. The van der Waals surface area contributed by atoms with Gasteiger partial charge in [-0.3, -0.25) is 14.4 Å². The molecular formula is C21H12O5. The Morgan fingerprint density at radius 3 is 1.50 bits per heavy atom. The van der Waals surface area contributed by atoms with E-state index in [0.717, 1.165) is 0 Å². The summed E-state index contributed by atoms with van der Waals surface area (Å²) in [4.78, 5) is 38.3. The second-order valence-electron chi connectivity index (χ2n) is 6.00. The van der Waals surface area contributed by atoms with Crippen LogP contribution in [0, 0.1) is 0 Å². The molecule has 126 valence electrons. The van der Waals surface area contributed by atoms with E-state index in [4.69, 9.17) is 0 Å². The zero-order valence-electron chi connectivity index (χ0n) is 13.4. The fourth-order valence-corrected chi connectivity index (χ4v) is 3.29. The summed E-state index contributed by atoms with van der Waals surface area (Å²) in [5, 5.41) is 20.9. The zero-order valence-corrected chi connectivity index (χ0v) is 13.4. The van der Waals surface area contributed by atoms with Gasteiger partial charge in [0.1, 0.15) is 5.76 Å². The maximum atomic E-state index is 12.9. The van der Waals surface area contributed by atoms with Gasteiger partial charge in [0.2, 0.25) is 5.78 Å². The lowest BCUT2D eigenvalue weighted by atomic mass is 9.77. The molecule has 0 spiro atoms. The normalized spacial score (nSPS) is 16.8. The van der Waals surface area contributed by atoms with Gasteiger partial charge in [-0.15, -0.1) is 0 Å². The summed E-state index contributed by atoms with van der Waals surface area (Å²) >= 11 is 0. The molecule has 2 aliphatic carbocycles. The third-order valence-electron chi connectivity index (χ3n) is 4.59. The summed E-state index contributed by atoms with van der Waals surface area (Å²) in [6.45, 7) is 3.77. The predicted molar refractivity (Wildman–Crippen MR) is 94.2 cm³/mol. The molecule has 4 rings (SSSR count). The maximum Gasteiger partial charge on any atom is 0.228 e. The number of carbonyl (C=O) groups is 3. The number of hydrogen-bond acceptors (Lipinski definition) is 5. The number of ketones is 3. The number of carbonyl (C=O) groups excluding carboxylic acids is 3. The fourth-order valence-electron chi connectivity index (χ4n) is 3.29. The van der Waals surface area contributed by atoms with E-state index in [1.165, 1.54) is 18.2 Å². The van der Waals surface area contributed by atoms with E-state index in [1.54, 1.807) is 30.3 Å². The molecule has 2 aliphatic rings. The Kier molecular flexibility index (Phi) is 3.27. The number of aliphatic hydroxyl groups is 2. The maximum absolute atomic E-state index is 12.9. The Balaban J connectivity index is 1.99. The minimum absolute atomic E-state index is 0.0568. The summed E-state index contributed by atoms with van der Waals surface area (Å²) in [5.74, 6) is -3.48. The van der Waals surface area contributed by atoms with E-state index in [2.05, 4.69) is 6.58 Å². The van der Waals surface area contributed by atoms with Gasteiger partial charge >= 0.3 is 0 Å². The van der Waals surface area contributed by atoms with Crippen LogP contribution in [0.25, 0.3) is 5.57 Å². The third-order valence-corrected chi connectivity index (χ3v) is 4.59. The topological polar surface area (TPSA) is 91.7 Å². The van der Waals surface area contributed by atoms with Crippen LogP contribution in [0.1, 0.15) is 36.6 Å². The van der Waals surface area contributed by atoms with Crippen LogP contribution in [0.2, 0.25) is 0 Å². The first-order chi connectivity index (χ1) is 12.4. The smallest absolute Gasteiger partial charge is 0.228 e. The third kappa shape index (κ3) is 1.94.